The first kappa shape index (κ1) is 21.4. The summed E-state index contributed by atoms with van der Waals surface area (Å²) in [5, 5.41) is 2.85. The molecule has 7 nitrogen and oxygen atoms in total. The molecule has 1 amide bonds. The minimum atomic E-state index is -4.73. The largest absolute Gasteiger partial charge is 0.497 e. The van der Waals surface area contributed by atoms with E-state index in [2.05, 4.69) is 10.3 Å². The molecule has 0 bridgehead atoms. The van der Waals surface area contributed by atoms with Crippen molar-refractivity contribution in [3.63, 3.8) is 0 Å². The van der Waals surface area contributed by atoms with Gasteiger partial charge in [-0.15, -0.1) is 0 Å². The zero-order valence-electron chi connectivity index (χ0n) is 16.1. The van der Waals surface area contributed by atoms with Crippen LogP contribution in [0.5, 0.6) is 5.75 Å². The molecule has 30 heavy (non-hydrogen) atoms. The first-order valence-electron chi connectivity index (χ1n) is 8.78. The fourth-order valence-corrected chi connectivity index (χ4v) is 3.61. The number of aryl methyl sites for hydroxylation is 1. The summed E-state index contributed by atoms with van der Waals surface area (Å²) < 4.78 is 55.5. The minimum absolute atomic E-state index is 0.116. The second-order valence-corrected chi connectivity index (χ2v) is 8.33. The number of nitrogens with one attached hydrogen (secondary N) is 1. The van der Waals surface area contributed by atoms with E-state index in [4.69, 9.17) is 4.74 Å². The summed E-state index contributed by atoms with van der Waals surface area (Å²) in [5.74, 6) is -2.89. The van der Waals surface area contributed by atoms with Gasteiger partial charge in [0.25, 0.3) is 5.91 Å². The molecule has 0 aliphatic rings. The summed E-state index contributed by atoms with van der Waals surface area (Å²) >= 11 is 0. The highest BCUT2D eigenvalue weighted by atomic mass is 32.2. The van der Waals surface area contributed by atoms with E-state index >= 15 is 0 Å². The van der Waals surface area contributed by atoms with Gasteiger partial charge >= 0.3 is 5.76 Å². The third-order valence-electron chi connectivity index (χ3n) is 4.50. The monoisotopic (exact) mass is 435 g/mol. The van der Waals surface area contributed by atoms with Crippen LogP contribution < -0.4 is 10.1 Å². The van der Waals surface area contributed by atoms with Crippen molar-refractivity contribution in [2.24, 2.45) is 7.05 Å². The van der Waals surface area contributed by atoms with Gasteiger partial charge in [-0.05, 0) is 42.0 Å². The number of carbonyl (C=O) groups excluding carboxylic acids is 1. The fraction of sp³-hybridized carbons (Fsp3) is 0.200. The Morgan fingerprint density at radius 2 is 1.87 bits per heavy atom. The topological polar surface area (TPSA) is 90.3 Å². The van der Waals surface area contributed by atoms with Crippen LogP contribution in [0.3, 0.4) is 0 Å². The lowest BCUT2D eigenvalue weighted by molar-refractivity contribution is 0.0941. The number of halogens is 2. The lowest BCUT2D eigenvalue weighted by Crippen LogP contribution is -2.31. The van der Waals surface area contributed by atoms with E-state index in [1.165, 1.54) is 19.2 Å². The number of amides is 1. The lowest BCUT2D eigenvalue weighted by atomic mass is 10.0. The number of ether oxygens (including phenoxy) is 1. The molecule has 0 aliphatic carbocycles. The van der Waals surface area contributed by atoms with Crippen molar-refractivity contribution in [1.82, 2.24) is 14.9 Å². The number of carbonyl (C=O) groups is 1. The molecule has 1 aromatic heterocycles. The van der Waals surface area contributed by atoms with Crippen LogP contribution in [0.25, 0.3) is 0 Å². The Morgan fingerprint density at radius 3 is 2.43 bits per heavy atom. The number of alkyl halides is 2. The zero-order chi connectivity index (χ0) is 21.9. The molecule has 0 aliphatic heterocycles. The van der Waals surface area contributed by atoms with Crippen LogP contribution in [0.1, 0.15) is 27.8 Å². The molecule has 0 saturated heterocycles. The summed E-state index contributed by atoms with van der Waals surface area (Å²) in [5.41, 5.74) is 0.833. The molecule has 0 spiro atoms. The van der Waals surface area contributed by atoms with Gasteiger partial charge in [-0.25, -0.2) is 13.4 Å². The molecular weight excluding hydrogens is 416 g/mol. The van der Waals surface area contributed by atoms with Crippen molar-refractivity contribution in [3.05, 3.63) is 77.9 Å². The molecule has 158 valence electrons. The molecule has 3 rings (SSSR count). The van der Waals surface area contributed by atoms with E-state index in [0.717, 1.165) is 12.1 Å². The van der Waals surface area contributed by atoms with Crippen LogP contribution in [0.4, 0.5) is 8.78 Å². The quantitative estimate of drug-likeness (QED) is 0.616. The molecule has 10 heteroatoms. The number of methoxy groups -OCH3 is 1. The van der Waals surface area contributed by atoms with E-state index < -0.39 is 32.4 Å². The molecule has 0 fully saturated rings. The van der Waals surface area contributed by atoms with Crippen molar-refractivity contribution in [3.8, 4) is 5.75 Å². The number of benzene rings is 2. The van der Waals surface area contributed by atoms with Gasteiger partial charge in [-0.3, -0.25) is 4.79 Å². The van der Waals surface area contributed by atoms with Crippen molar-refractivity contribution < 1.29 is 26.7 Å². The number of hydrogen-bond donors (Lipinski definition) is 1. The standard InChI is InChI=1S/C20H19F2N3O4S/c1-25-11-10-23-18(25)17(14-4-3-5-15(12-14)29-2)24-19(26)13-6-8-16(9-7-13)30(27,28)20(21)22/h3-12,17,20H,1-2H3,(H,24,26)/t17-/m1/s1. The zero-order valence-corrected chi connectivity index (χ0v) is 16.9. The Hall–Kier alpha value is -3.27. The Bertz CT molecular complexity index is 1140. The maximum Gasteiger partial charge on any atom is 0.341 e. The van der Waals surface area contributed by atoms with E-state index in [1.807, 2.05) is 0 Å². The maximum absolute atomic E-state index is 12.8. The van der Waals surface area contributed by atoms with E-state index in [1.54, 1.807) is 48.3 Å². The molecule has 0 radical (unpaired) electrons. The van der Waals surface area contributed by atoms with Gasteiger partial charge in [0, 0.05) is 25.0 Å². The highest BCUT2D eigenvalue weighted by Gasteiger charge is 2.27. The van der Waals surface area contributed by atoms with Gasteiger partial charge in [0.2, 0.25) is 9.84 Å². The molecule has 0 saturated carbocycles. The van der Waals surface area contributed by atoms with Gasteiger partial charge in [0.15, 0.2) is 0 Å². The van der Waals surface area contributed by atoms with Gasteiger partial charge in [-0.2, -0.15) is 8.78 Å². The normalized spacial score (nSPS) is 12.6. The maximum atomic E-state index is 12.8. The van der Waals surface area contributed by atoms with Crippen LogP contribution >= 0.6 is 0 Å². The molecule has 3 aromatic rings. The van der Waals surface area contributed by atoms with Crippen molar-refractivity contribution in [1.29, 1.82) is 0 Å². The average molecular weight is 435 g/mol. The van der Waals surface area contributed by atoms with Gasteiger partial charge < -0.3 is 14.6 Å². The van der Waals surface area contributed by atoms with E-state index in [0.29, 0.717) is 17.1 Å². The fourth-order valence-electron chi connectivity index (χ4n) is 2.89. The van der Waals surface area contributed by atoms with Crippen LogP contribution in [-0.4, -0.2) is 36.7 Å². The highest BCUT2D eigenvalue weighted by molar-refractivity contribution is 7.91. The predicted octanol–water partition coefficient (Wildman–Crippen LogP) is 2.94. The smallest absolute Gasteiger partial charge is 0.341 e. The molecule has 0 unspecified atom stereocenters. The van der Waals surface area contributed by atoms with Crippen molar-refractivity contribution in [2.45, 2.75) is 16.7 Å². The number of imidazole rings is 1. The Morgan fingerprint density at radius 1 is 1.17 bits per heavy atom. The van der Waals surface area contributed by atoms with E-state index in [9.17, 15) is 22.0 Å². The van der Waals surface area contributed by atoms with Gasteiger partial charge in [-0.1, -0.05) is 12.1 Å². The summed E-state index contributed by atoms with van der Waals surface area (Å²) in [6.07, 6.45) is 3.33. The van der Waals surface area contributed by atoms with E-state index in [-0.39, 0.29) is 5.56 Å². The average Bonchev–Trinajstić information content (AvgIpc) is 3.17. The molecule has 1 N–H and O–H groups in total. The summed E-state index contributed by atoms with van der Waals surface area (Å²) in [6, 6.07) is 10.8. The van der Waals surface area contributed by atoms with Gasteiger partial charge in [0.05, 0.1) is 12.0 Å². The molecular formula is C20H19F2N3O4S. The van der Waals surface area contributed by atoms with Crippen LogP contribution in [-0.2, 0) is 16.9 Å². The molecule has 2 aromatic carbocycles. The highest BCUT2D eigenvalue weighted by Crippen LogP contribution is 2.25. The third kappa shape index (κ3) is 4.33. The first-order chi connectivity index (χ1) is 14.2. The lowest BCUT2D eigenvalue weighted by Gasteiger charge is -2.20. The number of sulfone groups is 1. The second kappa shape index (κ2) is 8.62. The Balaban J connectivity index is 1.91. The van der Waals surface area contributed by atoms with Gasteiger partial charge in [0.1, 0.15) is 17.6 Å². The van der Waals surface area contributed by atoms with Crippen LogP contribution in [0.15, 0.2) is 65.8 Å². The summed E-state index contributed by atoms with van der Waals surface area (Å²) in [4.78, 5) is 16.6. The molecule has 1 atom stereocenters. The number of nitrogens with zero attached hydrogens (tertiary/aromatic N) is 2. The van der Waals surface area contributed by atoms with Crippen LogP contribution in [0, 0.1) is 0 Å². The predicted molar refractivity (Wildman–Crippen MR) is 105 cm³/mol. The molecule has 1 heterocycles. The van der Waals surface area contributed by atoms with Crippen LogP contribution in [0.2, 0.25) is 0 Å². The Labute approximate surface area is 172 Å². The number of rotatable bonds is 7. The summed E-state index contributed by atoms with van der Waals surface area (Å²) in [6.45, 7) is 0. The summed E-state index contributed by atoms with van der Waals surface area (Å²) in [7, 11) is -1.41. The number of hydrogen-bond acceptors (Lipinski definition) is 5. The van der Waals surface area contributed by atoms with Crippen molar-refractivity contribution >= 4 is 15.7 Å². The SMILES string of the molecule is COc1cccc([C@@H](NC(=O)c2ccc(S(=O)(=O)C(F)F)cc2)c2nccn2C)c1. The number of aromatic nitrogens is 2. The Kier molecular flexibility index (Phi) is 6.16. The van der Waals surface area contributed by atoms with Crippen molar-refractivity contribution in [2.75, 3.05) is 7.11 Å². The third-order valence-corrected chi connectivity index (χ3v) is 5.90. The minimum Gasteiger partial charge on any atom is -0.497 e. The first-order valence-corrected chi connectivity index (χ1v) is 10.3. The second-order valence-electron chi connectivity index (χ2n) is 6.41.